The Labute approximate surface area is 202 Å². The summed E-state index contributed by atoms with van der Waals surface area (Å²) in [5.74, 6) is -0.231. The second-order valence-electron chi connectivity index (χ2n) is 9.44. The van der Waals surface area contributed by atoms with Crippen molar-refractivity contribution >= 4 is 24.5 Å². The molecule has 0 aromatic rings. The predicted octanol–water partition coefficient (Wildman–Crippen LogP) is 5.20. The van der Waals surface area contributed by atoms with Gasteiger partial charge in [-0.1, -0.05) is 71.1 Å². The molecule has 0 heterocycles. The molecule has 32 heavy (non-hydrogen) atoms. The lowest BCUT2D eigenvalue weighted by Gasteiger charge is -2.25. The van der Waals surface area contributed by atoms with E-state index in [1.165, 1.54) is 64.9 Å². The van der Waals surface area contributed by atoms with Crippen molar-refractivity contribution < 1.29 is 32.7 Å². The maximum Gasteiger partial charge on any atom is 0.324 e. The topological polar surface area (TPSA) is 74.2 Å². The summed E-state index contributed by atoms with van der Waals surface area (Å²) < 4.78 is 21.9. The number of ether oxygens (including phenoxy) is 2. The van der Waals surface area contributed by atoms with Gasteiger partial charge in [-0.05, 0) is 18.2 Å². The van der Waals surface area contributed by atoms with Gasteiger partial charge in [0.15, 0.2) is 0 Å². The van der Waals surface area contributed by atoms with Crippen LogP contribution in [-0.4, -0.2) is 76.1 Å². The van der Waals surface area contributed by atoms with Crippen LogP contribution in [0.25, 0.3) is 0 Å². The average Bonchev–Trinajstić information content (AvgIpc) is 2.71. The lowest BCUT2D eigenvalue weighted by Crippen LogP contribution is -2.37. The number of carbonyl (C=O) groups excluding carboxylic acids is 1. The van der Waals surface area contributed by atoms with Crippen LogP contribution in [-0.2, 0) is 35.1 Å². The summed E-state index contributed by atoms with van der Waals surface area (Å²) in [6.07, 6.45) is 13.6. The summed E-state index contributed by atoms with van der Waals surface area (Å²) in [6.45, 7) is 0.00824. The van der Waals surface area contributed by atoms with E-state index < -0.39 is 12.8 Å². The standard InChI is InChI=1S/C23H48NO6PS/c1-6-7-8-9-10-11-12-13-14-15-16-17-23(25)28-20-22(27-5)21-30-31(26,32)29-19-18-24(2,3)4/h22H,6-21H2,1-5H3/p+1. The minimum Gasteiger partial charge on any atom is -0.463 e. The van der Waals surface area contributed by atoms with Crippen molar-refractivity contribution in [3.05, 3.63) is 0 Å². The largest absolute Gasteiger partial charge is 0.463 e. The smallest absolute Gasteiger partial charge is 0.324 e. The molecule has 7 nitrogen and oxygen atoms in total. The van der Waals surface area contributed by atoms with Crippen LogP contribution in [0.15, 0.2) is 0 Å². The second-order valence-corrected chi connectivity index (χ2v) is 12.3. The zero-order valence-corrected chi connectivity index (χ0v) is 22.9. The van der Waals surface area contributed by atoms with Gasteiger partial charge in [-0.3, -0.25) is 4.79 Å². The molecule has 0 aliphatic carbocycles. The van der Waals surface area contributed by atoms with E-state index in [9.17, 15) is 9.69 Å². The zero-order chi connectivity index (χ0) is 24.3. The Hall–Kier alpha value is -0.0800. The van der Waals surface area contributed by atoms with Crippen molar-refractivity contribution in [3.8, 4) is 0 Å². The third kappa shape index (κ3) is 21.7. The Morgan fingerprint density at radius 3 is 1.94 bits per heavy atom. The minimum absolute atomic E-state index is 0.0143. The molecule has 0 spiro atoms. The quantitative estimate of drug-likeness (QED) is 0.0951. The number of hydrogen-bond acceptors (Lipinski definition) is 6. The number of likely N-dealkylation sites (N-methyl/N-ethyl adjacent to an activating group) is 1. The molecule has 0 aliphatic rings. The first-order valence-electron chi connectivity index (χ1n) is 12.2. The van der Waals surface area contributed by atoms with Crippen LogP contribution < -0.4 is 0 Å². The number of rotatable bonds is 22. The van der Waals surface area contributed by atoms with Gasteiger partial charge in [0.05, 0.1) is 27.7 Å². The van der Waals surface area contributed by atoms with Crippen molar-refractivity contribution in [2.45, 2.75) is 90.1 Å². The molecule has 0 bridgehead atoms. The van der Waals surface area contributed by atoms with Crippen molar-refractivity contribution in [3.63, 3.8) is 0 Å². The van der Waals surface area contributed by atoms with E-state index in [1.54, 1.807) is 0 Å². The summed E-state index contributed by atoms with van der Waals surface area (Å²) in [5, 5.41) is 0. The first-order chi connectivity index (χ1) is 15.1. The highest BCUT2D eigenvalue weighted by Crippen LogP contribution is 2.43. The van der Waals surface area contributed by atoms with Crippen LogP contribution in [0, 0.1) is 0 Å². The number of quaternary nitrogens is 1. The van der Waals surface area contributed by atoms with Gasteiger partial charge in [-0.15, -0.1) is 0 Å². The number of unbranched alkanes of at least 4 members (excludes halogenated alkanes) is 10. The van der Waals surface area contributed by atoms with Gasteiger partial charge in [0, 0.05) is 13.5 Å². The fourth-order valence-corrected chi connectivity index (χ4v) is 4.17. The maximum atomic E-state index is 12.0. The summed E-state index contributed by atoms with van der Waals surface area (Å²) in [7, 11) is 7.58. The Morgan fingerprint density at radius 1 is 0.906 bits per heavy atom. The average molecular weight is 499 g/mol. The molecule has 0 amide bonds. The molecule has 0 saturated carbocycles. The van der Waals surface area contributed by atoms with Crippen molar-refractivity contribution in [1.82, 2.24) is 0 Å². The van der Waals surface area contributed by atoms with Crippen LogP contribution in [0.2, 0.25) is 0 Å². The van der Waals surface area contributed by atoms with E-state index in [4.69, 9.17) is 30.3 Å². The third-order valence-electron chi connectivity index (χ3n) is 5.19. The molecule has 0 saturated heterocycles. The van der Waals surface area contributed by atoms with E-state index in [-0.39, 0.29) is 19.2 Å². The summed E-state index contributed by atoms with van der Waals surface area (Å²) >= 11 is 5.02. The highest BCUT2D eigenvalue weighted by atomic mass is 32.5. The zero-order valence-electron chi connectivity index (χ0n) is 21.2. The molecule has 0 rings (SSSR count). The van der Waals surface area contributed by atoms with E-state index in [1.807, 2.05) is 21.1 Å². The Morgan fingerprint density at radius 2 is 1.44 bits per heavy atom. The molecule has 2 atom stereocenters. The fraction of sp³-hybridized carbons (Fsp3) is 0.957. The second kappa shape index (κ2) is 19.2. The van der Waals surface area contributed by atoms with Crippen molar-refractivity contribution in [1.29, 1.82) is 0 Å². The number of hydrogen-bond donors (Lipinski definition) is 1. The maximum absolute atomic E-state index is 12.0. The SMILES string of the molecule is CCCCCCCCCCCCCC(=O)OCC(COP(O)(=S)OCC[N+](C)(C)C)OC. The molecular weight excluding hydrogens is 449 g/mol. The van der Waals surface area contributed by atoms with Crippen LogP contribution in [0.1, 0.15) is 84.0 Å². The van der Waals surface area contributed by atoms with E-state index >= 15 is 0 Å². The monoisotopic (exact) mass is 498 g/mol. The number of nitrogens with zero attached hydrogens (tertiary/aromatic N) is 1. The van der Waals surface area contributed by atoms with E-state index in [0.29, 0.717) is 24.1 Å². The van der Waals surface area contributed by atoms with Crippen LogP contribution >= 0.6 is 6.72 Å². The van der Waals surface area contributed by atoms with Gasteiger partial charge in [-0.25, -0.2) is 0 Å². The van der Waals surface area contributed by atoms with E-state index in [2.05, 4.69) is 6.92 Å². The molecule has 2 unspecified atom stereocenters. The Balaban J connectivity index is 3.77. The normalized spacial score (nSPS) is 14.8. The first-order valence-corrected chi connectivity index (χ1v) is 14.8. The Bertz CT molecular complexity index is 515. The van der Waals surface area contributed by atoms with Gasteiger partial charge in [-0.2, -0.15) is 0 Å². The lowest BCUT2D eigenvalue weighted by molar-refractivity contribution is -0.870. The number of carbonyl (C=O) groups is 1. The molecule has 9 heteroatoms. The highest BCUT2D eigenvalue weighted by Gasteiger charge is 2.21. The first kappa shape index (κ1) is 31.9. The third-order valence-corrected chi connectivity index (χ3v) is 6.80. The lowest BCUT2D eigenvalue weighted by atomic mass is 10.1. The molecule has 0 aromatic carbocycles. The van der Waals surface area contributed by atoms with Gasteiger partial charge >= 0.3 is 12.7 Å². The number of esters is 1. The number of methoxy groups -OCH3 is 1. The van der Waals surface area contributed by atoms with E-state index in [0.717, 1.165) is 12.8 Å². The van der Waals surface area contributed by atoms with Gasteiger partial charge in [0.2, 0.25) is 0 Å². The van der Waals surface area contributed by atoms with Crippen molar-refractivity contribution in [2.75, 3.05) is 54.6 Å². The van der Waals surface area contributed by atoms with Gasteiger partial charge in [0.1, 0.15) is 25.9 Å². The minimum atomic E-state index is -3.33. The van der Waals surface area contributed by atoms with Gasteiger partial charge < -0.3 is 27.9 Å². The molecule has 0 fully saturated rings. The summed E-state index contributed by atoms with van der Waals surface area (Å²) in [6, 6.07) is 0. The highest BCUT2D eigenvalue weighted by molar-refractivity contribution is 8.07. The molecule has 0 aromatic heterocycles. The Kier molecular flexibility index (Phi) is 19.2. The molecule has 1 N–H and O–H groups in total. The van der Waals surface area contributed by atoms with Crippen molar-refractivity contribution in [2.24, 2.45) is 0 Å². The summed E-state index contributed by atoms with van der Waals surface area (Å²) in [5.41, 5.74) is 0. The molecule has 192 valence electrons. The predicted molar refractivity (Wildman–Crippen MR) is 134 cm³/mol. The molecule has 0 aliphatic heterocycles. The van der Waals surface area contributed by atoms with Crippen LogP contribution in [0.4, 0.5) is 0 Å². The van der Waals surface area contributed by atoms with Crippen LogP contribution in [0.5, 0.6) is 0 Å². The van der Waals surface area contributed by atoms with Crippen LogP contribution in [0.3, 0.4) is 0 Å². The summed E-state index contributed by atoms with van der Waals surface area (Å²) in [4.78, 5) is 22.1. The molecule has 0 radical (unpaired) electrons. The fourth-order valence-electron chi connectivity index (χ4n) is 3.02. The van der Waals surface area contributed by atoms with Gasteiger partial charge in [0.25, 0.3) is 0 Å². The molecular formula is C23H49NO6PS+.